The van der Waals surface area contributed by atoms with Gasteiger partial charge in [0, 0.05) is 0 Å². The van der Waals surface area contributed by atoms with Crippen LogP contribution in [0.2, 0.25) is 0 Å². The van der Waals surface area contributed by atoms with Crippen molar-refractivity contribution in [2.75, 3.05) is 11.9 Å². The van der Waals surface area contributed by atoms with E-state index in [-0.39, 0.29) is 23.9 Å². The van der Waals surface area contributed by atoms with Gasteiger partial charge >= 0.3 is 5.97 Å². The summed E-state index contributed by atoms with van der Waals surface area (Å²) in [6.07, 6.45) is 0. The highest BCUT2D eigenvalue weighted by atomic mass is 16.5. The van der Waals surface area contributed by atoms with Gasteiger partial charge in [0.1, 0.15) is 5.75 Å². The number of ether oxygens (including phenoxy) is 1. The van der Waals surface area contributed by atoms with E-state index < -0.39 is 5.97 Å². The van der Waals surface area contributed by atoms with Gasteiger partial charge in [0.25, 0.3) is 0 Å². The minimum atomic E-state index is -0.566. The highest BCUT2D eigenvalue weighted by molar-refractivity contribution is 5.96. The van der Waals surface area contributed by atoms with Crippen LogP contribution in [0.25, 0.3) is 11.0 Å². The fraction of sp³-hybridized carbons (Fsp3) is 0.118. The highest BCUT2D eigenvalue weighted by Gasteiger charge is 2.18. The topological polar surface area (TPSA) is 84.3 Å². The molecule has 0 aliphatic rings. The maximum atomic E-state index is 12.2. The van der Waals surface area contributed by atoms with Crippen molar-refractivity contribution in [3.63, 3.8) is 0 Å². The molecule has 0 amide bonds. The molecule has 23 heavy (non-hydrogen) atoms. The van der Waals surface area contributed by atoms with Crippen molar-refractivity contribution in [1.29, 1.82) is 0 Å². The Morgan fingerprint density at radius 2 is 1.74 bits per heavy atom. The lowest BCUT2D eigenvalue weighted by Gasteiger charge is -2.12. The first-order valence-corrected chi connectivity index (χ1v) is 7.18. The average Bonchev–Trinajstić information content (AvgIpc) is 2.56. The summed E-state index contributed by atoms with van der Waals surface area (Å²) in [5.74, 6) is -0.274. The molecule has 116 valence electrons. The number of phenolic OH excluding ortho intramolecular Hbond substituents is 1. The number of nitrogens with one attached hydrogen (secondary N) is 1. The molecule has 0 aliphatic heterocycles. The van der Waals surface area contributed by atoms with Crippen molar-refractivity contribution in [3.05, 3.63) is 54.2 Å². The summed E-state index contributed by atoms with van der Waals surface area (Å²) in [4.78, 5) is 20.9. The first-order chi connectivity index (χ1) is 11.2. The van der Waals surface area contributed by atoms with Crippen LogP contribution < -0.4 is 5.32 Å². The second-order valence-electron chi connectivity index (χ2n) is 4.77. The number of aromatic hydroxyl groups is 1. The Hall–Kier alpha value is -3.15. The van der Waals surface area contributed by atoms with Gasteiger partial charge in [-0.3, -0.25) is 0 Å². The van der Waals surface area contributed by atoms with E-state index >= 15 is 0 Å². The Kier molecular flexibility index (Phi) is 4.05. The molecule has 1 heterocycles. The summed E-state index contributed by atoms with van der Waals surface area (Å²) in [7, 11) is 0. The standard InChI is InChI=1S/C17H15N3O3/c1-2-23-17(22)15-16(20-13-9-5-6-10-14(13)21)19-12-8-4-3-7-11(12)18-15/h3-10,21H,2H2,1H3,(H,19,20). The largest absolute Gasteiger partial charge is 0.506 e. The Morgan fingerprint density at radius 1 is 1.09 bits per heavy atom. The van der Waals surface area contributed by atoms with Gasteiger partial charge in [-0.05, 0) is 31.2 Å². The van der Waals surface area contributed by atoms with E-state index in [2.05, 4.69) is 15.3 Å². The SMILES string of the molecule is CCOC(=O)c1nc2ccccc2nc1Nc1ccccc1O. The highest BCUT2D eigenvalue weighted by Crippen LogP contribution is 2.27. The van der Waals surface area contributed by atoms with Crippen LogP contribution in [0.3, 0.4) is 0 Å². The molecule has 0 fully saturated rings. The minimum absolute atomic E-state index is 0.0530. The molecular formula is C17H15N3O3. The molecule has 2 N–H and O–H groups in total. The fourth-order valence-electron chi connectivity index (χ4n) is 2.14. The second-order valence-corrected chi connectivity index (χ2v) is 4.77. The first kappa shape index (κ1) is 14.8. The predicted molar refractivity (Wildman–Crippen MR) is 86.9 cm³/mol. The number of anilines is 2. The molecule has 0 atom stereocenters. The zero-order chi connectivity index (χ0) is 16.2. The number of hydrogen-bond donors (Lipinski definition) is 2. The van der Waals surface area contributed by atoms with Crippen molar-refractivity contribution in [2.24, 2.45) is 0 Å². The summed E-state index contributed by atoms with van der Waals surface area (Å²) >= 11 is 0. The van der Waals surface area contributed by atoms with Crippen molar-refractivity contribution in [1.82, 2.24) is 9.97 Å². The third kappa shape index (κ3) is 3.06. The van der Waals surface area contributed by atoms with Crippen LogP contribution in [0.5, 0.6) is 5.75 Å². The Bertz CT molecular complexity index is 865. The average molecular weight is 309 g/mol. The van der Waals surface area contributed by atoms with Crippen LogP contribution in [0, 0.1) is 0 Å². The molecule has 0 saturated heterocycles. The smallest absolute Gasteiger partial charge is 0.360 e. The number of rotatable bonds is 4. The fourth-order valence-corrected chi connectivity index (χ4v) is 2.14. The van der Waals surface area contributed by atoms with E-state index in [0.29, 0.717) is 16.7 Å². The first-order valence-electron chi connectivity index (χ1n) is 7.18. The maximum Gasteiger partial charge on any atom is 0.360 e. The van der Waals surface area contributed by atoms with Gasteiger partial charge in [0.05, 0.1) is 23.3 Å². The predicted octanol–water partition coefficient (Wildman–Crippen LogP) is 3.26. The summed E-state index contributed by atoms with van der Waals surface area (Å²) in [6.45, 7) is 1.96. The van der Waals surface area contributed by atoms with Crippen LogP contribution in [0.4, 0.5) is 11.5 Å². The lowest BCUT2D eigenvalue weighted by molar-refractivity contribution is 0.0521. The molecule has 0 bridgehead atoms. The van der Waals surface area contributed by atoms with Gasteiger partial charge in [0.2, 0.25) is 0 Å². The van der Waals surface area contributed by atoms with Crippen molar-refractivity contribution >= 4 is 28.5 Å². The molecule has 6 nitrogen and oxygen atoms in total. The number of benzene rings is 2. The van der Waals surface area contributed by atoms with Crippen LogP contribution in [-0.2, 0) is 4.74 Å². The van der Waals surface area contributed by atoms with Gasteiger partial charge in [0.15, 0.2) is 11.5 Å². The summed E-state index contributed by atoms with van der Waals surface area (Å²) in [5, 5.41) is 12.8. The van der Waals surface area contributed by atoms with Crippen LogP contribution in [0.1, 0.15) is 17.4 Å². The van der Waals surface area contributed by atoms with Crippen molar-refractivity contribution in [3.8, 4) is 5.75 Å². The Morgan fingerprint density at radius 3 is 2.43 bits per heavy atom. The molecule has 0 spiro atoms. The van der Waals surface area contributed by atoms with Gasteiger partial charge in [-0.1, -0.05) is 24.3 Å². The third-order valence-corrected chi connectivity index (χ3v) is 3.20. The number of hydrogen-bond acceptors (Lipinski definition) is 6. The van der Waals surface area contributed by atoms with Crippen LogP contribution >= 0.6 is 0 Å². The lowest BCUT2D eigenvalue weighted by atomic mass is 10.2. The second kappa shape index (κ2) is 6.31. The van der Waals surface area contributed by atoms with E-state index in [0.717, 1.165) is 0 Å². The van der Waals surface area contributed by atoms with Gasteiger partial charge in [-0.2, -0.15) is 0 Å². The van der Waals surface area contributed by atoms with Crippen LogP contribution in [-0.4, -0.2) is 27.7 Å². The molecule has 0 unspecified atom stereocenters. The summed E-state index contributed by atoms with van der Waals surface area (Å²) in [5.41, 5.74) is 1.74. The van der Waals surface area contributed by atoms with Gasteiger partial charge in [-0.25, -0.2) is 14.8 Å². The van der Waals surface area contributed by atoms with E-state index in [1.165, 1.54) is 0 Å². The number of carbonyl (C=O) groups excluding carboxylic acids is 1. The summed E-state index contributed by atoms with van der Waals surface area (Å²) < 4.78 is 5.04. The number of nitrogens with zero attached hydrogens (tertiary/aromatic N) is 2. The minimum Gasteiger partial charge on any atom is -0.506 e. The Balaban J connectivity index is 2.11. The summed E-state index contributed by atoms with van der Waals surface area (Å²) in [6, 6.07) is 13.9. The van der Waals surface area contributed by atoms with Gasteiger partial charge < -0.3 is 15.2 Å². The quantitative estimate of drug-likeness (QED) is 0.568. The van der Waals surface area contributed by atoms with E-state index in [9.17, 15) is 9.90 Å². The third-order valence-electron chi connectivity index (χ3n) is 3.20. The molecule has 3 rings (SSSR count). The monoisotopic (exact) mass is 309 g/mol. The number of para-hydroxylation sites is 4. The maximum absolute atomic E-state index is 12.2. The van der Waals surface area contributed by atoms with Crippen LogP contribution in [0.15, 0.2) is 48.5 Å². The zero-order valence-corrected chi connectivity index (χ0v) is 12.5. The lowest BCUT2D eigenvalue weighted by Crippen LogP contribution is -2.12. The van der Waals surface area contributed by atoms with Crippen molar-refractivity contribution in [2.45, 2.75) is 6.92 Å². The van der Waals surface area contributed by atoms with E-state index in [4.69, 9.17) is 4.74 Å². The normalized spacial score (nSPS) is 10.5. The van der Waals surface area contributed by atoms with Gasteiger partial charge in [-0.15, -0.1) is 0 Å². The number of phenols is 1. The molecule has 0 saturated carbocycles. The molecule has 0 radical (unpaired) electrons. The number of aromatic nitrogens is 2. The molecule has 0 aliphatic carbocycles. The molecule has 2 aromatic carbocycles. The molecule has 6 heteroatoms. The van der Waals surface area contributed by atoms with E-state index in [1.807, 2.05) is 12.1 Å². The number of fused-ring (bicyclic) bond motifs is 1. The molecule has 3 aromatic rings. The molecule has 1 aromatic heterocycles. The van der Waals surface area contributed by atoms with E-state index in [1.54, 1.807) is 43.3 Å². The molecular weight excluding hydrogens is 294 g/mol. The van der Waals surface area contributed by atoms with Crippen molar-refractivity contribution < 1.29 is 14.6 Å². The number of esters is 1. The number of carbonyl (C=O) groups is 1. The zero-order valence-electron chi connectivity index (χ0n) is 12.5. The Labute approximate surface area is 132 Å².